The van der Waals surface area contributed by atoms with Crippen molar-refractivity contribution in [1.82, 2.24) is 4.31 Å². The molecule has 1 fully saturated rings. The number of ether oxygens (including phenoxy) is 2. The molecule has 156 valence electrons. The normalized spacial score (nSPS) is 15.0. The molecule has 1 aliphatic heterocycles. The number of thiocarbonyl (C=S) groups is 1. The van der Waals surface area contributed by atoms with Crippen LogP contribution in [0.3, 0.4) is 0 Å². The predicted molar refractivity (Wildman–Crippen MR) is 118 cm³/mol. The van der Waals surface area contributed by atoms with E-state index in [1.807, 2.05) is 44.2 Å². The topological polar surface area (TPSA) is 79.9 Å². The minimum absolute atomic E-state index is 0.204. The molecular weight excluding hydrogens is 410 g/mol. The van der Waals surface area contributed by atoms with E-state index >= 15 is 0 Å². The lowest BCUT2D eigenvalue weighted by molar-refractivity contribution is 0.0730. The van der Waals surface area contributed by atoms with Crippen LogP contribution in [0, 0.1) is 6.92 Å². The minimum atomic E-state index is -3.66. The summed E-state index contributed by atoms with van der Waals surface area (Å²) in [6.45, 7) is 5.85. The number of nitrogens with one attached hydrogen (secondary N) is 2. The van der Waals surface area contributed by atoms with E-state index < -0.39 is 10.0 Å². The van der Waals surface area contributed by atoms with Gasteiger partial charge in [0.25, 0.3) is 0 Å². The van der Waals surface area contributed by atoms with Crippen LogP contribution >= 0.6 is 12.2 Å². The van der Waals surface area contributed by atoms with Crippen LogP contribution in [0.25, 0.3) is 0 Å². The number of morpholine rings is 1. The molecule has 3 rings (SSSR count). The summed E-state index contributed by atoms with van der Waals surface area (Å²) >= 11 is 5.39. The molecule has 0 aromatic heterocycles. The molecule has 1 saturated heterocycles. The van der Waals surface area contributed by atoms with E-state index in [1.54, 1.807) is 12.1 Å². The highest BCUT2D eigenvalue weighted by atomic mass is 32.2. The smallest absolute Gasteiger partial charge is 0.245 e. The monoisotopic (exact) mass is 435 g/mol. The summed E-state index contributed by atoms with van der Waals surface area (Å²) in [5, 5.41) is 6.39. The van der Waals surface area contributed by atoms with Crippen molar-refractivity contribution in [2.24, 2.45) is 0 Å². The lowest BCUT2D eigenvalue weighted by Gasteiger charge is -2.27. The number of nitrogens with zero attached hydrogens (tertiary/aromatic N) is 1. The zero-order valence-corrected chi connectivity index (χ0v) is 18.1. The molecule has 0 aliphatic carbocycles. The molecule has 0 saturated carbocycles. The van der Waals surface area contributed by atoms with Gasteiger partial charge in [-0.3, -0.25) is 0 Å². The SMILES string of the molecule is CCOc1ccc(NC(=S)Nc2ccc(C)cc2S(=O)(=O)N2CCOCC2)cc1. The highest BCUT2D eigenvalue weighted by molar-refractivity contribution is 7.89. The van der Waals surface area contributed by atoms with E-state index in [2.05, 4.69) is 10.6 Å². The molecule has 0 unspecified atom stereocenters. The first-order valence-corrected chi connectivity index (χ1v) is 11.2. The molecular formula is C20H25N3O4S2. The fraction of sp³-hybridized carbons (Fsp3) is 0.350. The molecule has 0 bridgehead atoms. The van der Waals surface area contributed by atoms with Gasteiger partial charge in [-0.15, -0.1) is 0 Å². The number of benzene rings is 2. The van der Waals surface area contributed by atoms with E-state index in [0.29, 0.717) is 43.7 Å². The van der Waals surface area contributed by atoms with Gasteiger partial charge in [0.15, 0.2) is 5.11 Å². The Labute approximate surface area is 177 Å². The van der Waals surface area contributed by atoms with Crippen LogP contribution in [0.15, 0.2) is 47.4 Å². The predicted octanol–water partition coefficient (Wildman–Crippen LogP) is 3.22. The Morgan fingerprint density at radius 1 is 1.14 bits per heavy atom. The Morgan fingerprint density at radius 2 is 1.83 bits per heavy atom. The van der Waals surface area contributed by atoms with E-state index in [-0.39, 0.29) is 4.90 Å². The summed E-state index contributed by atoms with van der Waals surface area (Å²) in [6, 6.07) is 12.6. The summed E-state index contributed by atoms with van der Waals surface area (Å²) in [7, 11) is -3.66. The van der Waals surface area contributed by atoms with Crippen LogP contribution in [-0.2, 0) is 14.8 Å². The lowest BCUT2D eigenvalue weighted by Crippen LogP contribution is -2.41. The molecule has 29 heavy (non-hydrogen) atoms. The maximum Gasteiger partial charge on any atom is 0.245 e. The Hall–Kier alpha value is -2.20. The maximum absolute atomic E-state index is 13.2. The van der Waals surface area contributed by atoms with Gasteiger partial charge in [0.1, 0.15) is 10.6 Å². The summed E-state index contributed by atoms with van der Waals surface area (Å²) in [5.74, 6) is 0.773. The van der Waals surface area contributed by atoms with Crippen molar-refractivity contribution in [3.63, 3.8) is 0 Å². The van der Waals surface area contributed by atoms with Crippen molar-refractivity contribution in [3.05, 3.63) is 48.0 Å². The number of aryl methyl sites for hydroxylation is 1. The summed E-state index contributed by atoms with van der Waals surface area (Å²) < 4.78 is 38.5. The Morgan fingerprint density at radius 3 is 2.48 bits per heavy atom. The Kier molecular flexibility index (Phi) is 7.07. The van der Waals surface area contributed by atoms with Gasteiger partial charge in [0.2, 0.25) is 10.0 Å². The van der Waals surface area contributed by atoms with Gasteiger partial charge in [-0.1, -0.05) is 6.07 Å². The summed E-state index contributed by atoms with van der Waals surface area (Å²) in [6.07, 6.45) is 0. The second-order valence-corrected chi connectivity index (χ2v) is 8.87. The third kappa shape index (κ3) is 5.45. The maximum atomic E-state index is 13.2. The van der Waals surface area contributed by atoms with Crippen molar-refractivity contribution < 1.29 is 17.9 Å². The van der Waals surface area contributed by atoms with Crippen LogP contribution < -0.4 is 15.4 Å². The molecule has 1 aliphatic rings. The first-order valence-electron chi connectivity index (χ1n) is 9.39. The standard InChI is InChI=1S/C20H25N3O4S2/c1-3-27-17-7-5-16(6-8-17)21-20(28)22-18-9-4-15(2)14-19(18)29(24,25)23-10-12-26-13-11-23/h4-9,14H,3,10-13H2,1-2H3,(H2,21,22,28). The van der Waals surface area contributed by atoms with Crippen molar-refractivity contribution in [2.45, 2.75) is 18.7 Å². The van der Waals surface area contributed by atoms with E-state index in [9.17, 15) is 8.42 Å². The van der Waals surface area contributed by atoms with Crippen LogP contribution in [0.4, 0.5) is 11.4 Å². The van der Waals surface area contributed by atoms with Crippen molar-refractivity contribution in [2.75, 3.05) is 43.5 Å². The molecule has 9 heteroatoms. The van der Waals surface area contributed by atoms with E-state index in [4.69, 9.17) is 21.7 Å². The molecule has 2 aromatic rings. The highest BCUT2D eigenvalue weighted by Gasteiger charge is 2.29. The van der Waals surface area contributed by atoms with Crippen LogP contribution in [0.1, 0.15) is 12.5 Å². The molecule has 1 heterocycles. The van der Waals surface area contributed by atoms with Crippen molar-refractivity contribution in [1.29, 1.82) is 0 Å². The fourth-order valence-electron chi connectivity index (χ4n) is 2.96. The molecule has 0 radical (unpaired) electrons. The number of hydrogen-bond acceptors (Lipinski definition) is 5. The van der Waals surface area contributed by atoms with Gasteiger partial charge in [-0.25, -0.2) is 8.42 Å². The van der Waals surface area contributed by atoms with Crippen LogP contribution in [0.5, 0.6) is 5.75 Å². The zero-order valence-electron chi connectivity index (χ0n) is 16.5. The van der Waals surface area contributed by atoms with Crippen LogP contribution in [0.2, 0.25) is 0 Å². The Balaban J connectivity index is 1.77. The van der Waals surface area contributed by atoms with Gasteiger partial charge in [0.05, 0.1) is 25.5 Å². The minimum Gasteiger partial charge on any atom is -0.494 e. The van der Waals surface area contributed by atoms with Crippen molar-refractivity contribution in [3.8, 4) is 5.75 Å². The number of hydrogen-bond donors (Lipinski definition) is 2. The van der Waals surface area contributed by atoms with Gasteiger partial charge in [-0.2, -0.15) is 4.31 Å². The first-order chi connectivity index (χ1) is 13.9. The molecule has 2 aromatic carbocycles. The number of sulfonamides is 1. The van der Waals surface area contributed by atoms with Crippen molar-refractivity contribution >= 4 is 38.7 Å². The molecule has 0 atom stereocenters. The van der Waals surface area contributed by atoms with Gasteiger partial charge >= 0.3 is 0 Å². The summed E-state index contributed by atoms with van der Waals surface area (Å²) in [4.78, 5) is 0.204. The quantitative estimate of drug-likeness (QED) is 0.675. The largest absolute Gasteiger partial charge is 0.494 e. The molecule has 7 nitrogen and oxygen atoms in total. The van der Waals surface area contributed by atoms with E-state index in [0.717, 1.165) is 17.0 Å². The molecule has 2 N–H and O–H groups in total. The van der Waals surface area contributed by atoms with Crippen LogP contribution in [-0.4, -0.2) is 50.7 Å². The number of anilines is 2. The third-order valence-corrected chi connectivity index (χ3v) is 6.54. The lowest BCUT2D eigenvalue weighted by atomic mass is 10.2. The summed E-state index contributed by atoms with van der Waals surface area (Å²) in [5.41, 5.74) is 2.06. The third-order valence-electron chi connectivity index (χ3n) is 4.40. The average molecular weight is 436 g/mol. The first kappa shape index (κ1) is 21.5. The second-order valence-electron chi connectivity index (χ2n) is 6.55. The fourth-order valence-corrected chi connectivity index (χ4v) is 4.83. The van der Waals surface area contributed by atoms with E-state index in [1.165, 1.54) is 4.31 Å². The highest BCUT2D eigenvalue weighted by Crippen LogP contribution is 2.27. The average Bonchev–Trinajstić information content (AvgIpc) is 2.71. The molecule has 0 amide bonds. The second kappa shape index (κ2) is 9.53. The number of rotatable bonds is 6. The van der Waals surface area contributed by atoms with Gasteiger partial charge < -0.3 is 20.1 Å². The Bertz CT molecular complexity index is 956. The van der Waals surface area contributed by atoms with Gasteiger partial charge in [0, 0.05) is 18.8 Å². The molecule has 0 spiro atoms. The van der Waals surface area contributed by atoms with Gasteiger partial charge in [-0.05, 0) is 68.0 Å². The zero-order chi connectivity index (χ0) is 20.9.